The maximum absolute atomic E-state index is 9.83. The summed E-state index contributed by atoms with van der Waals surface area (Å²) >= 11 is 0. The summed E-state index contributed by atoms with van der Waals surface area (Å²) in [6.45, 7) is 7.57. The third-order valence-electron chi connectivity index (χ3n) is 5.52. The lowest BCUT2D eigenvalue weighted by Gasteiger charge is -2.30. The second kappa shape index (κ2) is 9.21. The lowest BCUT2D eigenvalue weighted by molar-refractivity contribution is 0.187. The lowest BCUT2D eigenvalue weighted by atomic mass is 9.78. The Labute approximate surface area is 169 Å². The van der Waals surface area contributed by atoms with Crippen molar-refractivity contribution < 1.29 is 5.11 Å². The number of nitrogens with zero attached hydrogens (tertiary/aromatic N) is 2. The molecule has 1 aromatic rings. The molecule has 2 aliphatic rings. The zero-order valence-electron chi connectivity index (χ0n) is 15.5. The van der Waals surface area contributed by atoms with Crippen molar-refractivity contribution in [1.29, 1.82) is 0 Å². The number of likely N-dealkylation sites (tertiary alicyclic amines) is 1. The van der Waals surface area contributed by atoms with Gasteiger partial charge in [-0.25, -0.2) is 0 Å². The van der Waals surface area contributed by atoms with Crippen LogP contribution in [0.3, 0.4) is 0 Å². The monoisotopic (exact) mass is 457 g/mol. The quantitative estimate of drug-likeness (QED) is 0.414. The van der Waals surface area contributed by atoms with Crippen LogP contribution in [0.5, 0.6) is 0 Å². The van der Waals surface area contributed by atoms with Crippen LogP contribution in [0, 0.1) is 6.92 Å². The van der Waals surface area contributed by atoms with E-state index in [2.05, 4.69) is 48.3 Å². The van der Waals surface area contributed by atoms with Gasteiger partial charge in [-0.2, -0.15) is 0 Å². The fourth-order valence-corrected chi connectivity index (χ4v) is 4.15. The third kappa shape index (κ3) is 4.88. The molecule has 1 aliphatic carbocycles. The van der Waals surface area contributed by atoms with Crippen molar-refractivity contribution >= 4 is 29.9 Å². The molecule has 1 heterocycles. The summed E-state index contributed by atoms with van der Waals surface area (Å²) < 4.78 is 0. The fraction of sp³-hybridized carbons (Fsp3) is 0.650. The molecule has 0 radical (unpaired) electrons. The van der Waals surface area contributed by atoms with E-state index >= 15 is 0 Å². The highest BCUT2D eigenvalue weighted by Crippen LogP contribution is 2.41. The van der Waals surface area contributed by atoms with Crippen molar-refractivity contribution in [3.63, 3.8) is 0 Å². The normalized spacial score (nSPS) is 22.8. The van der Waals surface area contributed by atoms with Crippen LogP contribution in [0.25, 0.3) is 0 Å². The fourth-order valence-electron chi connectivity index (χ4n) is 4.15. The molecule has 0 aromatic heterocycles. The van der Waals surface area contributed by atoms with Crippen LogP contribution in [-0.4, -0.2) is 48.2 Å². The molecule has 1 aromatic carbocycles. The van der Waals surface area contributed by atoms with E-state index in [0.717, 1.165) is 32.0 Å². The smallest absolute Gasteiger partial charge is 0.194 e. The van der Waals surface area contributed by atoms with Gasteiger partial charge >= 0.3 is 0 Å². The molecule has 0 amide bonds. The summed E-state index contributed by atoms with van der Waals surface area (Å²) in [5.41, 5.74) is 2.96. The Hall–Kier alpha value is -0.820. The molecule has 2 N–H and O–H groups in total. The van der Waals surface area contributed by atoms with Gasteiger partial charge in [0.1, 0.15) is 0 Å². The summed E-state index contributed by atoms with van der Waals surface area (Å²) in [7, 11) is 0. The van der Waals surface area contributed by atoms with E-state index in [1.54, 1.807) is 0 Å². The molecule has 1 saturated carbocycles. The number of hydrogen-bond acceptors (Lipinski definition) is 2. The Kier molecular flexibility index (Phi) is 7.55. The first-order valence-electron chi connectivity index (χ1n) is 9.41. The summed E-state index contributed by atoms with van der Waals surface area (Å²) in [6.07, 6.45) is 5.66. The van der Waals surface area contributed by atoms with Gasteiger partial charge in [0.2, 0.25) is 0 Å². The molecule has 1 aliphatic heterocycles. The molecule has 140 valence electrons. The number of aliphatic imine (C=N–C) groups is 1. The Morgan fingerprint density at radius 3 is 2.72 bits per heavy atom. The number of halogens is 1. The number of aliphatic hydroxyl groups excluding tert-OH is 1. The summed E-state index contributed by atoms with van der Waals surface area (Å²) in [5.74, 6) is 0.966. The van der Waals surface area contributed by atoms with Gasteiger partial charge in [0.15, 0.2) is 5.96 Å². The summed E-state index contributed by atoms with van der Waals surface area (Å²) in [5, 5.41) is 13.2. The van der Waals surface area contributed by atoms with Crippen molar-refractivity contribution in [2.24, 2.45) is 4.99 Å². The SMILES string of the molecule is CCNC(=NCC1(c2cccc(C)c2)CCCC1)N1CC[C@@H](O)C1.I. The molecule has 25 heavy (non-hydrogen) atoms. The van der Waals surface area contributed by atoms with E-state index in [-0.39, 0.29) is 35.5 Å². The van der Waals surface area contributed by atoms with Gasteiger partial charge in [-0.05, 0) is 38.7 Å². The first-order valence-corrected chi connectivity index (χ1v) is 9.41. The minimum absolute atomic E-state index is 0. The lowest BCUT2D eigenvalue weighted by Crippen LogP contribution is -2.41. The third-order valence-corrected chi connectivity index (χ3v) is 5.52. The minimum atomic E-state index is -0.217. The van der Waals surface area contributed by atoms with Gasteiger partial charge < -0.3 is 15.3 Å². The topological polar surface area (TPSA) is 47.9 Å². The van der Waals surface area contributed by atoms with Gasteiger partial charge in [0.05, 0.1) is 12.6 Å². The van der Waals surface area contributed by atoms with Crippen LogP contribution in [0.15, 0.2) is 29.3 Å². The van der Waals surface area contributed by atoms with Crippen molar-refractivity contribution in [3.05, 3.63) is 35.4 Å². The number of benzene rings is 1. The largest absolute Gasteiger partial charge is 0.391 e. The molecule has 1 saturated heterocycles. The predicted octanol–water partition coefficient (Wildman–Crippen LogP) is 3.46. The molecule has 5 heteroatoms. The number of β-amino-alcohol motifs (C(OH)–C–C–N with tert-alkyl or cyclic N) is 1. The van der Waals surface area contributed by atoms with Crippen molar-refractivity contribution in [3.8, 4) is 0 Å². The zero-order valence-corrected chi connectivity index (χ0v) is 17.8. The van der Waals surface area contributed by atoms with Gasteiger partial charge in [0.25, 0.3) is 0 Å². The van der Waals surface area contributed by atoms with Crippen molar-refractivity contribution in [1.82, 2.24) is 10.2 Å². The number of guanidine groups is 1. The maximum Gasteiger partial charge on any atom is 0.194 e. The standard InChI is InChI=1S/C20H31N3O.HI/c1-3-21-19(23-12-9-18(24)14-23)22-15-20(10-4-5-11-20)17-8-6-7-16(2)13-17;/h6-8,13,18,24H,3-5,9-12,14-15H2,1-2H3,(H,21,22);1H/t18-;/m1./s1. The van der Waals surface area contributed by atoms with Crippen LogP contribution in [0.4, 0.5) is 0 Å². The zero-order chi connectivity index (χ0) is 17.0. The molecule has 3 rings (SSSR count). The number of nitrogens with one attached hydrogen (secondary N) is 1. The van der Waals surface area contributed by atoms with Gasteiger partial charge in [-0.15, -0.1) is 24.0 Å². The number of aliphatic hydroxyl groups is 1. The van der Waals surface area contributed by atoms with Crippen molar-refractivity contribution in [2.45, 2.75) is 57.5 Å². The van der Waals surface area contributed by atoms with E-state index in [4.69, 9.17) is 4.99 Å². The second-order valence-electron chi connectivity index (χ2n) is 7.42. The summed E-state index contributed by atoms with van der Waals surface area (Å²) in [6, 6.07) is 8.97. The predicted molar refractivity (Wildman–Crippen MR) is 115 cm³/mol. The van der Waals surface area contributed by atoms with E-state index in [0.29, 0.717) is 6.54 Å². The molecule has 2 fully saturated rings. The first-order chi connectivity index (χ1) is 11.6. The Balaban J connectivity index is 0.00000225. The van der Waals surface area contributed by atoms with Gasteiger partial charge in [-0.3, -0.25) is 4.99 Å². The van der Waals surface area contributed by atoms with E-state index in [1.165, 1.54) is 36.8 Å². The summed E-state index contributed by atoms with van der Waals surface area (Å²) in [4.78, 5) is 7.21. The van der Waals surface area contributed by atoms with Crippen LogP contribution in [0.1, 0.15) is 50.2 Å². The highest BCUT2D eigenvalue weighted by molar-refractivity contribution is 14.0. The van der Waals surface area contributed by atoms with E-state index in [9.17, 15) is 5.11 Å². The van der Waals surface area contributed by atoms with Gasteiger partial charge in [-0.1, -0.05) is 42.7 Å². The number of aryl methyl sites for hydroxylation is 1. The Bertz CT molecular complexity index is 584. The number of hydrogen-bond donors (Lipinski definition) is 2. The van der Waals surface area contributed by atoms with Crippen LogP contribution in [-0.2, 0) is 5.41 Å². The average Bonchev–Trinajstić information content (AvgIpc) is 3.21. The molecule has 0 bridgehead atoms. The van der Waals surface area contributed by atoms with E-state index < -0.39 is 0 Å². The average molecular weight is 457 g/mol. The van der Waals surface area contributed by atoms with E-state index in [1.807, 2.05) is 0 Å². The Morgan fingerprint density at radius 2 is 2.12 bits per heavy atom. The molecular formula is C20H32IN3O. The van der Waals surface area contributed by atoms with Crippen LogP contribution < -0.4 is 5.32 Å². The molecular weight excluding hydrogens is 425 g/mol. The maximum atomic E-state index is 9.83. The van der Waals surface area contributed by atoms with Crippen LogP contribution in [0.2, 0.25) is 0 Å². The highest BCUT2D eigenvalue weighted by atomic mass is 127. The highest BCUT2D eigenvalue weighted by Gasteiger charge is 2.36. The van der Waals surface area contributed by atoms with Crippen LogP contribution >= 0.6 is 24.0 Å². The molecule has 0 spiro atoms. The molecule has 1 atom stereocenters. The van der Waals surface area contributed by atoms with Gasteiger partial charge in [0, 0.05) is 25.0 Å². The Morgan fingerprint density at radius 1 is 1.36 bits per heavy atom. The minimum Gasteiger partial charge on any atom is -0.391 e. The van der Waals surface area contributed by atoms with Crippen molar-refractivity contribution in [2.75, 3.05) is 26.2 Å². The molecule has 0 unspecified atom stereocenters. The number of rotatable bonds is 4. The molecule has 4 nitrogen and oxygen atoms in total. The second-order valence-corrected chi connectivity index (χ2v) is 7.42. The first kappa shape index (κ1) is 20.5.